The Balaban J connectivity index is 2.89. The largest absolute Gasteiger partial charge is 0.240 e. The van der Waals surface area contributed by atoms with Crippen molar-refractivity contribution in [1.29, 1.82) is 0 Å². The van der Waals surface area contributed by atoms with E-state index in [9.17, 15) is 16.8 Å². The Morgan fingerprint density at radius 3 is 2.24 bits per heavy atom. The van der Waals surface area contributed by atoms with Gasteiger partial charge in [0.25, 0.3) is 0 Å². The van der Waals surface area contributed by atoms with Gasteiger partial charge in [-0.15, -0.1) is 0 Å². The molecular formula is C12H19BrN2O4S2. The van der Waals surface area contributed by atoms with Crippen LogP contribution in [0.25, 0.3) is 0 Å². The van der Waals surface area contributed by atoms with Gasteiger partial charge >= 0.3 is 0 Å². The predicted molar refractivity (Wildman–Crippen MR) is 86.1 cm³/mol. The van der Waals surface area contributed by atoms with Crippen LogP contribution in [-0.4, -0.2) is 35.2 Å². The van der Waals surface area contributed by atoms with Gasteiger partial charge < -0.3 is 0 Å². The normalized spacial score (nSPS) is 13.4. The van der Waals surface area contributed by atoms with E-state index in [0.29, 0.717) is 0 Å². The maximum atomic E-state index is 12.2. The molecule has 0 aliphatic heterocycles. The van der Waals surface area contributed by atoms with Crippen LogP contribution in [0.5, 0.6) is 0 Å². The van der Waals surface area contributed by atoms with Gasteiger partial charge in [-0.3, -0.25) is 0 Å². The summed E-state index contributed by atoms with van der Waals surface area (Å²) < 4.78 is 52.5. The summed E-state index contributed by atoms with van der Waals surface area (Å²) in [5, 5.41) is 0. The third-order valence-electron chi connectivity index (χ3n) is 2.61. The van der Waals surface area contributed by atoms with Crippen molar-refractivity contribution in [2.75, 3.05) is 12.8 Å². The number of halogens is 1. The van der Waals surface area contributed by atoms with Gasteiger partial charge in [-0.05, 0) is 44.5 Å². The summed E-state index contributed by atoms with van der Waals surface area (Å²) in [6.45, 7) is 4.93. The number of sulfonamides is 2. The van der Waals surface area contributed by atoms with Crippen LogP contribution < -0.4 is 9.44 Å². The highest BCUT2D eigenvalue weighted by molar-refractivity contribution is 9.10. The van der Waals surface area contributed by atoms with Gasteiger partial charge in [0.15, 0.2) is 0 Å². The van der Waals surface area contributed by atoms with E-state index in [1.807, 2.05) is 0 Å². The van der Waals surface area contributed by atoms with Gasteiger partial charge in [0, 0.05) is 16.6 Å². The van der Waals surface area contributed by atoms with Gasteiger partial charge in [-0.2, -0.15) is 0 Å². The average Bonchev–Trinajstić information content (AvgIpc) is 2.27. The molecule has 0 fully saturated rings. The average molecular weight is 399 g/mol. The molecule has 1 aromatic carbocycles. The lowest BCUT2D eigenvalue weighted by Gasteiger charge is -2.25. The van der Waals surface area contributed by atoms with Crippen molar-refractivity contribution in [2.24, 2.45) is 0 Å². The number of hydrogen-bond acceptors (Lipinski definition) is 4. The fourth-order valence-electron chi connectivity index (χ4n) is 1.68. The zero-order valence-corrected chi connectivity index (χ0v) is 15.5. The number of benzene rings is 1. The Kier molecular flexibility index (Phi) is 5.60. The molecule has 1 rings (SSSR count). The number of nitrogens with one attached hydrogen (secondary N) is 2. The lowest BCUT2D eigenvalue weighted by Crippen LogP contribution is -2.50. The third kappa shape index (κ3) is 6.03. The van der Waals surface area contributed by atoms with Crippen molar-refractivity contribution in [2.45, 2.75) is 31.2 Å². The minimum absolute atomic E-state index is 0.0580. The molecule has 0 amide bonds. The summed E-state index contributed by atoms with van der Waals surface area (Å²) >= 11 is 3.31. The van der Waals surface area contributed by atoms with Crippen molar-refractivity contribution >= 4 is 36.0 Å². The summed E-state index contributed by atoms with van der Waals surface area (Å²) in [6, 6.07) is 4.68. The van der Waals surface area contributed by atoms with Gasteiger partial charge in [0.2, 0.25) is 20.0 Å². The molecule has 0 unspecified atom stereocenters. The zero-order valence-electron chi connectivity index (χ0n) is 12.3. The maximum Gasteiger partial charge on any atom is 0.240 e. The molecule has 6 nitrogen and oxygen atoms in total. The van der Waals surface area contributed by atoms with Gasteiger partial charge in [0.05, 0.1) is 11.2 Å². The second kappa shape index (κ2) is 6.33. The van der Waals surface area contributed by atoms with Crippen LogP contribution in [0.1, 0.15) is 19.4 Å². The molecule has 0 heterocycles. The van der Waals surface area contributed by atoms with Crippen molar-refractivity contribution in [3.05, 3.63) is 28.2 Å². The molecule has 0 saturated heterocycles. The van der Waals surface area contributed by atoms with Crippen LogP contribution in [0, 0.1) is 6.92 Å². The first-order valence-corrected chi connectivity index (χ1v) is 10.2. The van der Waals surface area contributed by atoms with Crippen LogP contribution in [-0.2, 0) is 20.0 Å². The van der Waals surface area contributed by atoms with Crippen molar-refractivity contribution < 1.29 is 16.8 Å². The lowest BCUT2D eigenvalue weighted by atomic mass is 10.1. The molecule has 0 atom stereocenters. The molecule has 2 N–H and O–H groups in total. The molecule has 9 heteroatoms. The van der Waals surface area contributed by atoms with Crippen molar-refractivity contribution in [1.82, 2.24) is 9.44 Å². The summed E-state index contributed by atoms with van der Waals surface area (Å²) in [7, 11) is -7.11. The quantitative estimate of drug-likeness (QED) is 0.756. The first-order chi connectivity index (χ1) is 9.32. The zero-order chi connectivity index (χ0) is 16.5. The Morgan fingerprint density at radius 1 is 1.19 bits per heavy atom. The smallest absolute Gasteiger partial charge is 0.213 e. The summed E-state index contributed by atoms with van der Waals surface area (Å²) in [6.07, 6.45) is 1.03. The predicted octanol–water partition coefficient (Wildman–Crippen LogP) is 1.36. The van der Waals surface area contributed by atoms with E-state index in [-0.39, 0.29) is 11.4 Å². The first-order valence-electron chi connectivity index (χ1n) is 6.07. The molecule has 0 saturated carbocycles. The Bertz CT molecular complexity index is 728. The van der Waals surface area contributed by atoms with E-state index in [1.165, 1.54) is 6.07 Å². The van der Waals surface area contributed by atoms with Crippen molar-refractivity contribution in [3.8, 4) is 0 Å². The van der Waals surface area contributed by atoms with Gasteiger partial charge in [-0.25, -0.2) is 26.3 Å². The van der Waals surface area contributed by atoms with E-state index in [4.69, 9.17) is 0 Å². The minimum atomic E-state index is -3.69. The Labute approximate surface area is 134 Å². The number of rotatable bonds is 6. The lowest BCUT2D eigenvalue weighted by molar-refractivity contribution is 0.446. The second-order valence-corrected chi connectivity index (χ2v) is 9.86. The highest BCUT2D eigenvalue weighted by Gasteiger charge is 2.25. The highest BCUT2D eigenvalue weighted by atomic mass is 79.9. The first kappa shape index (κ1) is 18.6. The molecule has 21 heavy (non-hydrogen) atoms. The molecule has 120 valence electrons. The second-order valence-electron chi connectivity index (χ2n) is 5.49. The summed E-state index contributed by atoms with van der Waals surface area (Å²) in [5.74, 6) is 0. The van der Waals surface area contributed by atoms with Gasteiger partial charge in [0.1, 0.15) is 0 Å². The minimum Gasteiger partial charge on any atom is -0.213 e. The topological polar surface area (TPSA) is 92.3 Å². The molecule has 0 spiro atoms. The Hall–Kier alpha value is -0.480. The molecule has 0 bridgehead atoms. The fraction of sp³-hybridized carbons (Fsp3) is 0.500. The fourth-order valence-corrected chi connectivity index (χ4v) is 4.30. The number of hydrogen-bond donors (Lipinski definition) is 2. The Morgan fingerprint density at radius 2 is 1.76 bits per heavy atom. The van der Waals surface area contributed by atoms with E-state index in [1.54, 1.807) is 32.9 Å². The summed E-state index contributed by atoms with van der Waals surface area (Å²) in [5.41, 5.74) is -0.128. The van der Waals surface area contributed by atoms with Crippen LogP contribution in [0.3, 0.4) is 0 Å². The van der Waals surface area contributed by atoms with E-state index in [0.717, 1.165) is 16.3 Å². The molecule has 0 aliphatic rings. The molecule has 1 aromatic rings. The SMILES string of the molecule is Cc1cc(S(=O)(=O)NCC(C)(C)NS(C)(=O)=O)ccc1Br. The van der Waals surface area contributed by atoms with Crippen LogP contribution in [0.15, 0.2) is 27.6 Å². The molecule has 0 aromatic heterocycles. The van der Waals surface area contributed by atoms with Crippen LogP contribution in [0.2, 0.25) is 0 Å². The molecular weight excluding hydrogens is 380 g/mol. The van der Waals surface area contributed by atoms with E-state index in [2.05, 4.69) is 25.4 Å². The number of aryl methyl sites for hydroxylation is 1. The van der Waals surface area contributed by atoms with E-state index >= 15 is 0 Å². The van der Waals surface area contributed by atoms with Crippen molar-refractivity contribution in [3.63, 3.8) is 0 Å². The third-order valence-corrected chi connectivity index (χ3v) is 5.82. The maximum absolute atomic E-state index is 12.2. The van der Waals surface area contributed by atoms with Crippen LogP contribution in [0.4, 0.5) is 0 Å². The molecule has 0 aliphatic carbocycles. The molecule has 0 radical (unpaired) electrons. The van der Waals surface area contributed by atoms with E-state index < -0.39 is 25.6 Å². The standard InChI is InChI=1S/C12H19BrN2O4S2/c1-9-7-10(5-6-11(9)13)21(18,19)14-8-12(2,3)15-20(4,16)17/h5-7,14-15H,8H2,1-4H3. The monoisotopic (exact) mass is 398 g/mol. The summed E-state index contributed by atoms with van der Waals surface area (Å²) in [4.78, 5) is 0.137. The van der Waals surface area contributed by atoms with Crippen LogP contribution >= 0.6 is 15.9 Å². The highest BCUT2D eigenvalue weighted by Crippen LogP contribution is 2.20. The van der Waals surface area contributed by atoms with Gasteiger partial charge in [-0.1, -0.05) is 15.9 Å².